The van der Waals surface area contributed by atoms with E-state index in [0.29, 0.717) is 27.6 Å². The third-order valence-electron chi connectivity index (χ3n) is 5.60. The van der Waals surface area contributed by atoms with Crippen molar-refractivity contribution in [2.45, 2.75) is 19.9 Å². The Morgan fingerprint density at radius 1 is 1.00 bits per heavy atom. The predicted octanol–water partition coefficient (Wildman–Crippen LogP) is 5.59. The average molecular weight is 448 g/mol. The molecule has 1 fully saturated rings. The molecule has 1 N–H and O–H groups in total. The van der Waals surface area contributed by atoms with E-state index >= 15 is 0 Å². The SMILES string of the molecule is COc1ccc(C2/C(=C(\O)c3cccc(Cl)c3)C(=O)C(=O)N2c2cc(C)ccc2C)cc1. The normalized spacial score (nSPS) is 17.6. The van der Waals surface area contributed by atoms with Crippen LogP contribution in [0.1, 0.15) is 28.3 Å². The minimum Gasteiger partial charge on any atom is -0.507 e. The van der Waals surface area contributed by atoms with Crippen LogP contribution in [0.15, 0.2) is 72.3 Å². The summed E-state index contributed by atoms with van der Waals surface area (Å²) in [7, 11) is 1.57. The van der Waals surface area contributed by atoms with Gasteiger partial charge in [-0.25, -0.2) is 0 Å². The third kappa shape index (κ3) is 3.76. The van der Waals surface area contributed by atoms with Gasteiger partial charge in [0, 0.05) is 16.3 Å². The number of benzene rings is 3. The maximum absolute atomic E-state index is 13.3. The molecular weight excluding hydrogens is 426 g/mol. The minimum atomic E-state index is -0.805. The summed E-state index contributed by atoms with van der Waals surface area (Å²) in [6, 6.07) is 18.6. The summed E-state index contributed by atoms with van der Waals surface area (Å²) in [5, 5.41) is 11.6. The zero-order chi connectivity index (χ0) is 23.0. The van der Waals surface area contributed by atoms with E-state index in [2.05, 4.69) is 0 Å². The number of carbonyl (C=O) groups excluding carboxylic acids is 2. The first-order valence-electron chi connectivity index (χ1n) is 10.1. The van der Waals surface area contributed by atoms with Crippen molar-refractivity contribution in [1.82, 2.24) is 0 Å². The fourth-order valence-electron chi connectivity index (χ4n) is 3.95. The number of methoxy groups -OCH3 is 1. The molecular formula is C26H22ClNO4. The number of Topliss-reactive ketones (excluding diaryl/α,β-unsaturated/α-hetero) is 1. The summed E-state index contributed by atoms with van der Waals surface area (Å²) in [5.74, 6) is -1.06. The lowest BCUT2D eigenvalue weighted by Crippen LogP contribution is -2.30. The molecule has 1 aliphatic rings. The van der Waals surface area contributed by atoms with Gasteiger partial charge in [0.2, 0.25) is 0 Å². The van der Waals surface area contributed by atoms with Crippen molar-refractivity contribution in [2.75, 3.05) is 12.0 Å². The van der Waals surface area contributed by atoms with E-state index in [0.717, 1.165) is 11.1 Å². The van der Waals surface area contributed by atoms with Crippen LogP contribution in [-0.2, 0) is 9.59 Å². The Morgan fingerprint density at radius 3 is 2.38 bits per heavy atom. The molecule has 32 heavy (non-hydrogen) atoms. The Balaban J connectivity index is 1.97. The van der Waals surface area contributed by atoms with Gasteiger partial charge in [0.05, 0.1) is 18.7 Å². The minimum absolute atomic E-state index is 0.0170. The van der Waals surface area contributed by atoms with Crippen LogP contribution in [0.25, 0.3) is 5.76 Å². The molecule has 0 aliphatic carbocycles. The fourth-order valence-corrected chi connectivity index (χ4v) is 4.14. The number of halogens is 1. The zero-order valence-electron chi connectivity index (χ0n) is 17.9. The number of ketones is 1. The summed E-state index contributed by atoms with van der Waals surface area (Å²) in [4.78, 5) is 28.0. The first-order valence-corrected chi connectivity index (χ1v) is 10.5. The van der Waals surface area contributed by atoms with Gasteiger partial charge in [0.15, 0.2) is 0 Å². The quantitative estimate of drug-likeness (QED) is 0.321. The Morgan fingerprint density at radius 2 is 1.72 bits per heavy atom. The highest BCUT2D eigenvalue weighted by Crippen LogP contribution is 2.43. The molecule has 1 heterocycles. The van der Waals surface area contributed by atoms with Crippen LogP contribution < -0.4 is 9.64 Å². The Labute approximate surface area is 191 Å². The van der Waals surface area contributed by atoms with Crippen molar-refractivity contribution < 1.29 is 19.4 Å². The van der Waals surface area contributed by atoms with Crippen LogP contribution >= 0.6 is 11.6 Å². The van der Waals surface area contributed by atoms with Gasteiger partial charge < -0.3 is 9.84 Å². The van der Waals surface area contributed by atoms with Crippen LogP contribution in [0.3, 0.4) is 0 Å². The zero-order valence-corrected chi connectivity index (χ0v) is 18.7. The van der Waals surface area contributed by atoms with E-state index < -0.39 is 17.7 Å². The molecule has 1 aliphatic heterocycles. The molecule has 0 spiro atoms. The van der Waals surface area contributed by atoms with Crippen LogP contribution in [0.4, 0.5) is 5.69 Å². The Bertz CT molecular complexity index is 1250. The molecule has 1 unspecified atom stereocenters. The number of aliphatic hydroxyl groups is 1. The van der Waals surface area contributed by atoms with Gasteiger partial charge in [-0.15, -0.1) is 0 Å². The van der Waals surface area contributed by atoms with Crippen LogP contribution in [0.2, 0.25) is 5.02 Å². The van der Waals surface area contributed by atoms with Gasteiger partial charge in [0.25, 0.3) is 11.7 Å². The van der Waals surface area contributed by atoms with E-state index in [4.69, 9.17) is 16.3 Å². The second-order valence-corrected chi connectivity index (χ2v) is 8.18. The van der Waals surface area contributed by atoms with Crippen LogP contribution in [0, 0.1) is 13.8 Å². The third-order valence-corrected chi connectivity index (χ3v) is 5.83. The highest BCUT2D eigenvalue weighted by Gasteiger charge is 2.47. The summed E-state index contributed by atoms with van der Waals surface area (Å²) in [6.45, 7) is 3.81. The summed E-state index contributed by atoms with van der Waals surface area (Å²) < 4.78 is 5.25. The molecule has 1 saturated heterocycles. The standard InChI is InChI=1S/C26H22ClNO4/c1-15-7-8-16(2)21(13-15)28-23(17-9-11-20(32-3)12-10-17)22(25(30)26(28)31)24(29)18-5-4-6-19(27)14-18/h4-14,23,29H,1-3H3/b24-22+. The molecule has 0 saturated carbocycles. The number of hydrogen-bond acceptors (Lipinski definition) is 4. The number of aryl methyl sites for hydroxylation is 2. The number of rotatable bonds is 4. The lowest BCUT2D eigenvalue weighted by Gasteiger charge is -2.27. The number of amides is 1. The number of hydrogen-bond donors (Lipinski definition) is 1. The van der Waals surface area contributed by atoms with Crippen molar-refractivity contribution in [3.8, 4) is 5.75 Å². The smallest absolute Gasteiger partial charge is 0.300 e. The summed E-state index contributed by atoms with van der Waals surface area (Å²) in [6.07, 6.45) is 0. The van der Waals surface area contributed by atoms with Crippen molar-refractivity contribution in [3.05, 3.63) is 99.6 Å². The molecule has 3 aromatic carbocycles. The van der Waals surface area contributed by atoms with Gasteiger partial charge >= 0.3 is 0 Å². The van der Waals surface area contributed by atoms with E-state index in [9.17, 15) is 14.7 Å². The molecule has 4 rings (SSSR count). The van der Waals surface area contributed by atoms with Gasteiger partial charge in [0.1, 0.15) is 11.5 Å². The van der Waals surface area contributed by atoms with E-state index in [1.54, 1.807) is 55.6 Å². The lowest BCUT2D eigenvalue weighted by molar-refractivity contribution is -0.132. The van der Waals surface area contributed by atoms with Gasteiger partial charge in [-0.3, -0.25) is 14.5 Å². The monoisotopic (exact) mass is 447 g/mol. The first kappa shape index (κ1) is 21.7. The maximum atomic E-state index is 13.3. The molecule has 0 bridgehead atoms. The second kappa shape index (κ2) is 8.52. The average Bonchev–Trinajstić information content (AvgIpc) is 3.05. The number of ether oxygens (including phenoxy) is 1. The van der Waals surface area contributed by atoms with Gasteiger partial charge in [-0.05, 0) is 60.9 Å². The highest BCUT2D eigenvalue weighted by molar-refractivity contribution is 6.51. The molecule has 162 valence electrons. The second-order valence-electron chi connectivity index (χ2n) is 7.74. The summed E-state index contributed by atoms with van der Waals surface area (Å²) >= 11 is 6.10. The molecule has 0 aromatic heterocycles. The maximum Gasteiger partial charge on any atom is 0.300 e. The number of carbonyl (C=O) groups is 2. The summed E-state index contributed by atoms with van der Waals surface area (Å²) in [5.41, 5.74) is 3.49. The first-order chi connectivity index (χ1) is 15.3. The lowest BCUT2D eigenvalue weighted by atomic mass is 9.94. The molecule has 1 amide bonds. The topological polar surface area (TPSA) is 66.8 Å². The number of nitrogens with zero attached hydrogens (tertiary/aromatic N) is 1. The van der Waals surface area contributed by atoms with Crippen LogP contribution in [0.5, 0.6) is 5.75 Å². The van der Waals surface area contributed by atoms with Gasteiger partial charge in [-0.2, -0.15) is 0 Å². The molecule has 1 atom stereocenters. The molecule has 0 radical (unpaired) electrons. The van der Waals surface area contributed by atoms with E-state index in [-0.39, 0.29) is 11.3 Å². The molecule has 3 aromatic rings. The highest BCUT2D eigenvalue weighted by atomic mass is 35.5. The number of anilines is 1. The van der Waals surface area contributed by atoms with Gasteiger partial charge in [-0.1, -0.05) is 48.0 Å². The Hall–Kier alpha value is -3.57. The van der Waals surface area contributed by atoms with Crippen molar-refractivity contribution >= 4 is 34.7 Å². The van der Waals surface area contributed by atoms with Crippen LogP contribution in [-0.4, -0.2) is 23.9 Å². The molecule has 6 heteroatoms. The van der Waals surface area contributed by atoms with Crippen molar-refractivity contribution in [3.63, 3.8) is 0 Å². The predicted molar refractivity (Wildman–Crippen MR) is 125 cm³/mol. The Kier molecular flexibility index (Phi) is 5.76. The van der Waals surface area contributed by atoms with Crippen molar-refractivity contribution in [1.29, 1.82) is 0 Å². The van der Waals surface area contributed by atoms with E-state index in [1.807, 2.05) is 32.0 Å². The van der Waals surface area contributed by atoms with E-state index in [1.165, 1.54) is 4.90 Å². The largest absolute Gasteiger partial charge is 0.507 e. The molecule has 5 nitrogen and oxygen atoms in total. The van der Waals surface area contributed by atoms with Crippen molar-refractivity contribution in [2.24, 2.45) is 0 Å². The number of aliphatic hydroxyl groups excluding tert-OH is 1. The fraction of sp³-hybridized carbons (Fsp3) is 0.154.